The van der Waals surface area contributed by atoms with Crippen LogP contribution in [0.3, 0.4) is 0 Å². The number of halogens is 1. The summed E-state index contributed by atoms with van der Waals surface area (Å²) in [6.45, 7) is 0. The van der Waals surface area contributed by atoms with Gasteiger partial charge in [0.05, 0.1) is 7.11 Å². The van der Waals surface area contributed by atoms with Crippen LogP contribution in [0.2, 0.25) is 0 Å². The van der Waals surface area contributed by atoms with Crippen molar-refractivity contribution in [3.63, 3.8) is 0 Å². The molecule has 2 rings (SSSR count). The molecule has 0 fully saturated rings. The van der Waals surface area contributed by atoms with Gasteiger partial charge < -0.3 is 4.74 Å². The molecular formula is C12H11FO2. The lowest BCUT2D eigenvalue weighted by Gasteiger charge is -2.00. The Morgan fingerprint density at radius 1 is 1.47 bits per heavy atom. The van der Waals surface area contributed by atoms with Gasteiger partial charge in [-0.2, -0.15) is 0 Å². The fourth-order valence-electron chi connectivity index (χ4n) is 1.84. The number of ether oxygens (including phenoxy) is 1. The summed E-state index contributed by atoms with van der Waals surface area (Å²) < 4.78 is 17.5. The molecule has 1 aromatic rings. The van der Waals surface area contributed by atoms with Gasteiger partial charge in [-0.15, -0.1) is 0 Å². The average molecular weight is 206 g/mol. The Kier molecular flexibility index (Phi) is 2.54. The van der Waals surface area contributed by atoms with E-state index in [2.05, 4.69) is 4.74 Å². The largest absolute Gasteiger partial charge is 0.466 e. The molecule has 1 aliphatic rings. The van der Waals surface area contributed by atoms with Crippen LogP contribution >= 0.6 is 0 Å². The van der Waals surface area contributed by atoms with Gasteiger partial charge in [-0.25, -0.2) is 9.18 Å². The van der Waals surface area contributed by atoms with E-state index in [-0.39, 0.29) is 11.8 Å². The van der Waals surface area contributed by atoms with Gasteiger partial charge in [-0.05, 0) is 41.7 Å². The smallest absolute Gasteiger partial charge is 0.330 e. The van der Waals surface area contributed by atoms with Crippen molar-refractivity contribution in [2.24, 2.45) is 0 Å². The molecule has 2 nitrogen and oxygen atoms in total. The third kappa shape index (κ3) is 1.91. The van der Waals surface area contributed by atoms with E-state index in [1.165, 1.54) is 25.3 Å². The minimum absolute atomic E-state index is 0.229. The SMILES string of the molecule is COC(=O)/C=C1\CCc2cc(F)ccc21. The number of benzene rings is 1. The molecule has 0 N–H and O–H groups in total. The van der Waals surface area contributed by atoms with Gasteiger partial charge in [0.25, 0.3) is 0 Å². The Morgan fingerprint density at radius 2 is 2.27 bits per heavy atom. The highest BCUT2D eigenvalue weighted by atomic mass is 19.1. The minimum atomic E-state index is -0.359. The molecule has 0 spiro atoms. The lowest BCUT2D eigenvalue weighted by atomic mass is 10.1. The number of esters is 1. The summed E-state index contributed by atoms with van der Waals surface area (Å²) in [6.07, 6.45) is 3.04. The van der Waals surface area contributed by atoms with Crippen molar-refractivity contribution < 1.29 is 13.9 Å². The summed E-state index contributed by atoms with van der Waals surface area (Å²) in [6, 6.07) is 4.65. The molecule has 0 aromatic heterocycles. The van der Waals surface area contributed by atoms with Gasteiger partial charge in [0.15, 0.2) is 0 Å². The van der Waals surface area contributed by atoms with Crippen LogP contribution in [0.15, 0.2) is 24.3 Å². The molecule has 0 saturated heterocycles. The molecule has 0 saturated carbocycles. The first kappa shape index (κ1) is 9.90. The highest BCUT2D eigenvalue weighted by Gasteiger charge is 2.17. The molecule has 78 valence electrons. The lowest BCUT2D eigenvalue weighted by Crippen LogP contribution is -1.95. The summed E-state index contributed by atoms with van der Waals surface area (Å²) in [5.41, 5.74) is 2.85. The van der Waals surface area contributed by atoms with Gasteiger partial charge in [0, 0.05) is 6.08 Å². The van der Waals surface area contributed by atoms with Crippen LogP contribution in [0.5, 0.6) is 0 Å². The number of allylic oxidation sites excluding steroid dienone is 1. The van der Waals surface area contributed by atoms with Crippen molar-refractivity contribution in [3.05, 3.63) is 41.2 Å². The maximum Gasteiger partial charge on any atom is 0.330 e. The van der Waals surface area contributed by atoms with Crippen molar-refractivity contribution in [2.75, 3.05) is 7.11 Å². The van der Waals surface area contributed by atoms with E-state index < -0.39 is 0 Å². The molecule has 0 amide bonds. The van der Waals surface area contributed by atoms with Crippen LogP contribution in [0, 0.1) is 5.82 Å². The quantitative estimate of drug-likeness (QED) is 0.520. The van der Waals surface area contributed by atoms with Crippen LogP contribution in [0.4, 0.5) is 4.39 Å². The van der Waals surface area contributed by atoms with Crippen molar-refractivity contribution >= 4 is 11.5 Å². The summed E-state index contributed by atoms with van der Waals surface area (Å²) >= 11 is 0. The Bertz CT molecular complexity index is 435. The Morgan fingerprint density at radius 3 is 3.00 bits per heavy atom. The third-order valence-corrected chi connectivity index (χ3v) is 2.57. The van der Waals surface area contributed by atoms with Crippen molar-refractivity contribution in [3.8, 4) is 0 Å². The molecule has 0 heterocycles. The van der Waals surface area contributed by atoms with Crippen molar-refractivity contribution in [2.45, 2.75) is 12.8 Å². The van der Waals surface area contributed by atoms with E-state index >= 15 is 0 Å². The van der Waals surface area contributed by atoms with E-state index in [1.807, 2.05) is 0 Å². The van der Waals surface area contributed by atoms with Gasteiger partial charge in [-0.3, -0.25) is 0 Å². The maximum absolute atomic E-state index is 12.9. The van der Waals surface area contributed by atoms with E-state index in [0.717, 1.165) is 29.5 Å². The molecule has 1 aliphatic carbocycles. The Balaban J connectivity index is 2.37. The van der Waals surface area contributed by atoms with Crippen LogP contribution in [0.25, 0.3) is 5.57 Å². The topological polar surface area (TPSA) is 26.3 Å². The van der Waals surface area contributed by atoms with Crippen molar-refractivity contribution in [1.82, 2.24) is 0 Å². The highest BCUT2D eigenvalue weighted by Crippen LogP contribution is 2.32. The molecule has 0 bridgehead atoms. The predicted molar refractivity (Wildman–Crippen MR) is 54.7 cm³/mol. The highest BCUT2D eigenvalue weighted by molar-refractivity contribution is 5.92. The third-order valence-electron chi connectivity index (χ3n) is 2.57. The summed E-state index contributed by atoms with van der Waals surface area (Å²) in [4.78, 5) is 11.1. The molecule has 3 heteroatoms. The Labute approximate surface area is 87.4 Å². The number of hydrogen-bond donors (Lipinski definition) is 0. The van der Waals surface area contributed by atoms with Crippen molar-refractivity contribution in [1.29, 1.82) is 0 Å². The van der Waals surface area contributed by atoms with E-state index in [4.69, 9.17) is 0 Å². The number of carbonyl (C=O) groups is 1. The summed E-state index contributed by atoms with van der Waals surface area (Å²) in [5.74, 6) is -0.588. The first-order valence-electron chi connectivity index (χ1n) is 4.78. The molecule has 15 heavy (non-hydrogen) atoms. The maximum atomic E-state index is 12.9. The van der Waals surface area contributed by atoms with Crippen LogP contribution in [-0.4, -0.2) is 13.1 Å². The predicted octanol–water partition coefficient (Wildman–Crippen LogP) is 2.33. The summed E-state index contributed by atoms with van der Waals surface area (Å²) in [5, 5.41) is 0. The summed E-state index contributed by atoms with van der Waals surface area (Å²) in [7, 11) is 1.35. The number of aryl methyl sites for hydroxylation is 1. The van der Waals surface area contributed by atoms with E-state index in [1.54, 1.807) is 6.07 Å². The zero-order valence-corrected chi connectivity index (χ0v) is 8.42. The Hall–Kier alpha value is -1.64. The van der Waals surface area contributed by atoms with Crippen LogP contribution in [-0.2, 0) is 16.0 Å². The molecule has 0 aliphatic heterocycles. The average Bonchev–Trinajstić information content (AvgIpc) is 2.60. The zero-order chi connectivity index (χ0) is 10.8. The normalized spacial score (nSPS) is 16.5. The molecule has 0 unspecified atom stereocenters. The fourth-order valence-corrected chi connectivity index (χ4v) is 1.84. The van der Waals surface area contributed by atoms with Gasteiger partial charge in [0.2, 0.25) is 0 Å². The molecular weight excluding hydrogens is 195 g/mol. The molecule has 0 radical (unpaired) electrons. The molecule has 0 atom stereocenters. The second kappa shape index (κ2) is 3.85. The molecule has 1 aromatic carbocycles. The number of hydrogen-bond acceptors (Lipinski definition) is 2. The van der Waals surface area contributed by atoms with Gasteiger partial charge >= 0.3 is 5.97 Å². The van der Waals surface area contributed by atoms with E-state index in [0.29, 0.717) is 0 Å². The minimum Gasteiger partial charge on any atom is -0.466 e. The number of fused-ring (bicyclic) bond motifs is 1. The number of rotatable bonds is 1. The second-order valence-electron chi connectivity index (χ2n) is 3.49. The van der Waals surface area contributed by atoms with Gasteiger partial charge in [0.1, 0.15) is 5.82 Å². The lowest BCUT2D eigenvalue weighted by molar-refractivity contribution is -0.134. The number of methoxy groups -OCH3 is 1. The fraction of sp³-hybridized carbons (Fsp3) is 0.250. The monoisotopic (exact) mass is 206 g/mol. The zero-order valence-electron chi connectivity index (χ0n) is 8.42. The van der Waals surface area contributed by atoms with Crippen LogP contribution < -0.4 is 0 Å². The standard InChI is InChI=1S/C12H11FO2/c1-15-12(14)7-9-3-2-8-6-10(13)4-5-11(8)9/h4-7H,2-3H2,1H3/b9-7+. The number of carbonyl (C=O) groups excluding carboxylic acids is 1. The van der Waals surface area contributed by atoms with Crippen LogP contribution in [0.1, 0.15) is 17.5 Å². The first-order valence-corrected chi connectivity index (χ1v) is 4.78. The van der Waals surface area contributed by atoms with Gasteiger partial charge in [-0.1, -0.05) is 6.07 Å². The second-order valence-corrected chi connectivity index (χ2v) is 3.49. The first-order chi connectivity index (χ1) is 7.20. The van der Waals surface area contributed by atoms with E-state index in [9.17, 15) is 9.18 Å².